The van der Waals surface area contributed by atoms with Crippen molar-refractivity contribution in [1.29, 1.82) is 0 Å². The summed E-state index contributed by atoms with van der Waals surface area (Å²) in [5, 5.41) is 7.67. The third kappa shape index (κ3) is 3.23. The second kappa shape index (κ2) is 8.57. The SMILES string of the molecule is c1ccc(N(c2ccc3c(c2)-c2cccc4sc5ccc6cccc-3c6c5c24)c2ccc3oc4ccccc4c3c2)cc1. The number of anilines is 3. The van der Waals surface area contributed by atoms with Crippen LogP contribution < -0.4 is 4.90 Å². The van der Waals surface area contributed by atoms with Crippen LogP contribution in [0.2, 0.25) is 0 Å². The van der Waals surface area contributed by atoms with Gasteiger partial charge in [0, 0.05) is 48.0 Å². The van der Waals surface area contributed by atoms with E-state index in [1.807, 2.05) is 23.5 Å². The number of rotatable bonds is 3. The van der Waals surface area contributed by atoms with Crippen molar-refractivity contribution in [2.75, 3.05) is 4.90 Å². The molecule has 2 nitrogen and oxygen atoms in total. The minimum Gasteiger partial charge on any atom is -0.456 e. The van der Waals surface area contributed by atoms with E-state index >= 15 is 0 Å². The Kier molecular flexibility index (Phi) is 4.63. The molecule has 3 heteroatoms. The van der Waals surface area contributed by atoms with Crippen LogP contribution in [0.25, 0.3) is 75.1 Å². The topological polar surface area (TPSA) is 16.4 Å². The number of nitrogens with zero attached hydrogens (tertiary/aromatic N) is 1. The van der Waals surface area contributed by atoms with E-state index < -0.39 is 0 Å². The molecule has 9 aromatic rings. The Balaban J connectivity index is 1.27. The first-order valence-corrected chi connectivity index (χ1v) is 15.4. The van der Waals surface area contributed by atoms with Crippen molar-refractivity contribution in [1.82, 2.24) is 0 Å². The molecule has 0 atom stereocenters. The molecule has 200 valence electrons. The molecule has 0 saturated heterocycles. The first-order valence-electron chi connectivity index (χ1n) is 14.6. The van der Waals surface area contributed by atoms with Gasteiger partial charge in [-0.3, -0.25) is 0 Å². The standard InChI is InChI=1S/C40H23NOS/c1-2-9-25(10-3-1)41(27-18-20-35-33(23-27)29-11-4-5-14-34(29)42-35)26-17-19-28-30-12-6-8-24-16-21-37-40(38(24)30)39-31(32(28)22-26)13-7-15-36(39)43-37/h1-23H. The van der Waals surface area contributed by atoms with Crippen molar-refractivity contribution in [3.05, 3.63) is 140 Å². The van der Waals surface area contributed by atoms with Crippen LogP contribution in [-0.2, 0) is 0 Å². The van der Waals surface area contributed by atoms with Crippen LogP contribution in [0.5, 0.6) is 0 Å². The second-order valence-corrected chi connectivity index (χ2v) is 12.4. The lowest BCUT2D eigenvalue weighted by Crippen LogP contribution is -2.10. The number of hydrogen-bond acceptors (Lipinski definition) is 3. The molecular formula is C40H23NOS. The second-order valence-electron chi connectivity index (χ2n) is 11.3. The van der Waals surface area contributed by atoms with Crippen LogP contribution in [0.3, 0.4) is 0 Å². The van der Waals surface area contributed by atoms with Crippen LogP contribution in [0.1, 0.15) is 0 Å². The highest BCUT2D eigenvalue weighted by molar-refractivity contribution is 7.26. The first-order chi connectivity index (χ1) is 21.3. The molecule has 0 fully saturated rings. The Morgan fingerprint density at radius 3 is 2.09 bits per heavy atom. The fourth-order valence-electron chi connectivity index (χ4n) is 7.14. The maximum atomic E-state index is 6.18. The third-order valence-corrected chi connectivity index (χ3v) is 10.1. The average molecular weight is 566 g/mol. The van der Waals surface area contributed by atoms with E-state index in [9.17, 15) is 0 Å². The number of para-hydroxylation sites is 2. The Hall–Kier alpha value is -5.38. The molecule has 2 aromatic heterocycles. The molecule has 0 N–H and O–H groups in total. The quantitative estimate of drug-likeness (QED) is 0.212. The van der Waals surface area contributed by atoms with E-state index in [0.29, 0.717) is 0 Å². The van der Waals surface area contributed by atoms with Crippen LogP contribution >= 0.6 is 11.3 Å². The van der Waals surface area contributed by atoms with Crippen molar-refractivity contribution in [3.63, 3.8) is 0 Å². The zero-order valence-corrected chi connectivity index (χ0v) is 23.9. The lowest BCUT2D eigenvalue weighted by molar-refractivity contribution is 0.669. The summed E-state index contributed by atoms with van der Waals surface area (Å²) in [6.45, 7) is 0. The Bertz CT molecular complexity index is 2570. The van der Waals surface area contributed by atoms with E-state index in [4.69, 9.17) is 4.42 Å². The highest BCUT2D eigenvalue weighted by atomic mass is 32.1. The first kappa shape index (κ1) is 23.2. The predicted octanol–water partition coefficient (Wildman–Crippen LogP) is 12.2. The van der Waals surface area contributed by atoms with Gasteiger partial charge < -0.3 is 9.32 Å². The molecule has 0 bridgehead atoms. The summed E-state index contributed by atoms with van der Waals surface area (Å²) >= 11 is 1.90. The molecule has 0 aliphatic heterocycles. The summed E-state index contributed by atoms with van der Waals surface area (Å²) in [5.74, 6) is 0. The van der Waals surface area contributed by atoms with Gasteiger partial charge in [-0.1, -0.05) is 78.9 Å². The lowest BCUT2D eigenvalue weighted by Gasteiger charge is -2.27. The molecule has 43 heavy (non-hydrogen) atoms. The molecule has 0 spiro atoms. The summed E-state index contributed by atoms with van der Waals surface area (Å²) in [5.41, 5.74) is 10.3. The van der Waals surface area contributed by atoms with Gasteiger partial charge in [0.1, 0.15) is 11.2 Å². The van der Waals surface area contributed by atoms with Gasteiger partial charge in [-0.2, -0.15) is 0 Å². The molecule has 0 saturated carbocycles. The molecule has 1 aliphatic carbocycles. The van der Waals surface area contributed by atoms with Gasteiger partial charge in [-0.25, -0.2) is 0 Å². The van der Waals surface area contributed by atoms with Crippen molar-refractivity contribution >= 4 is 81.3 Å². The van der Waals surface area contributed by atoms with Gasteiger partial charge in [-0.15, -0.1) is 11.3 Å². The Labute approximate surface area is 251 Å². The molecule has 1 aliphatic rings. The maximum absolute atomic E-state index is 6.18. The smallest absolute Gasteiger partial charge is 0.135 e. The van der Waals surface area contributed by atoms with Gasteiger partial charge >= 0.3 is 0 Å². The number of thiophene rings is 1. The minimum atomic E-state index is 0.902. The number of benzene rings is 7. The highest BCUT2D eigenvalue weighted by Gasteiger charge is 2.24. The molecule has 0 unspecified atom stereocenters. The van der Waals surface area contributed by atoms with Crippen molar-refractivity contribution in [2.24, 2.45) is 0 Å². The number of fused-ring (bicyclic) bond motifs is 6. The monoisotopic (exact) mass is 565 g/mol. The summed E-state index contributed by atoms with van der Waals surface area (Å²) in [4.78, 5) is 2.36. The summed E-state index contributed by atoms with van der Waals surface area (Å²) in [6, 6.07) is 50.6. The summed E-state index contributed by atoms with van der Waals surface area (Å²) < 4.78 is 8.87. The van der Waals surface area contributed by atoms with Gasteiger partial charge in [0.05, 0.1) is 0 Å². The Morgan fingerprint density at radius 1 is 0.419 bits per heavy atom. The zero-order valence-electron chi connectivity index (χ0n) is 23.0. The van der Waals surface area contributed by atoms with Gasteiger partial charge in [0.2, 0.25) is 0 Å². The van der Waals surface area contributed by atoms with Crippen LogP contribution in [0.15, 0.2) is 144 Å². The fourth-order valence-corrected chi connectivity index (χ4v) is 8.28. The predicted molar refractivity (Wildman–Crippen MR) is 183 cm³/mol. The lowest BCUT2D eigenvalue weighted by atomic mass is 9.93. The minimum absolute atomic E-state index is 0.902. The molecule has 0 amide bonds. The summed E-state index contributed by atoms with van der Waals surface area (Å²) in [7, 11) is 0. The average Bonchev–Trinajstić information content (AvgIpc) is 3.60. The van der Waals surface area contributed by atoms with Gasteiger partial charge in [0.15, 0.2) is 0 Å². The Morgan fingerprint density at radius 2 is 1.16 bits per heavy atom. The van der Waals surface area contributed by atoms with E-state index in [2.05, 4.69) is 132 Å². The van der Waals surface area contributed by atoms with Crippen molar-refractivity contribution in [3.8, 4) is 22.3 Å². The third-order valence-electron chi connectivity index (χ3n) is 8.98. The van der Waals surface area contributed by atoms with Crippen LogP contribution in [-0.4, -0.2) is 0 Å². The largest absolute Gasteiger partial charge is 0.456 e. The maximum Gasteiger partial charge on any atom is 0.135 e. The van der Waals surface area contributed by atoms with E-state index in [1.54, 1.807) is 0 Å². The normalized spacial score (nSPS) is 12.2. The van der Waals surface area contributed by atoms with E-state index in [-0.39, 0.29) is 0 Å². The van der Waals surface area contributed by atoms with Crippen molar-refractivity contribution < 1.29 is 4.42 Å². The molecule has 7 aromatic carbocycles. The molecule has 10 rings (SSSR count). The molecule has 0 radical (unpaired) electrons. The highest BCUT2D eigenvalue weighted by Crippen LogP contribution is 2.52. The molecule has 2 heterocycles. The zero-order chi connectivity index (χ0) is 28.1. The van der Waals surface area contributed by atoms with Gasteiger partial charge in [-0.05, 0) is 93.7 Å². The van der Waals surface area contributed by atoms with E-state index in [1.165, 1.54) is 53.2 Å². The fraction of sp³-hybridized carbons (Fsp3) is 0. The summed E-state index contributed by atoms with van der Waals surface area (Å²) in [6.07, 6.45) is 0. The van der Waals surface area contributed by atoms with E-state index in [0.717, 1.165) is 39.0 Å². The van der Waals surface area contributed by atoms with Crippen molar-refractivity contribution in [2.45, 2.75) is 0 Å². The number of furan rings is 1. The molecular weight excluding hydrogens is 543 g/mol. The van der Waals surface area contributed by atoms with Crippen LogP contribution in [0.4, 0.5) is 17.1 Å². The number of hydrogen-bond donors (Lipinski definition) is 0. The van der Waals surface area contributed by atoms with Gasteiger partial charge in [0.25, 0.3) is 0 Å². The van der Waals surface area contributed by atoms with Crippen LogP contribution in [0, 0.1) is 0 Å².